The summed E-state index contributed by atoms with van der Waals surface area (Å²) in [6, 6.07) is 3.48. The van der Waals surface area contributed by atoms with Gasteiger partial charge in [0.15, 0.2) is 0 Å². The van der Waals surface area contributed by atoms with Gasteiger partial charge in [-0.05, 0) is 49.5 Å². The summed E-state index contributed by atoms with van der Waals surface area (Å²) in [5, 5.41) is 0. The first kappa shape index (κ1) is 19.3. The van der Waals surface area contributed by atoms with Crippen LogP contribution >= 0.6 is 0 Å². The molecule has 0 spiro atoms. The van der Waals surface area contributed by atoms with Crippen LogP contribution < -0.4 is 0 Å². The van der Waals surface area contributed by atoms with E-state index in [0.29, 0.717) is 5.56 Å². The lowest BCUT2D eigenvalue weighted by molar-refractivity contribution is -0.162. The summed E-state index contributed by atoms with van der Waals surface area (Å²) >= 11 is 0. The Balaban J connectivity index is 2.09. The van der Waals surface area contributed by atoms with Crippen LogP contribution in [0.15, 0.2) is 30.3 Å². The van der Waals surface area contributed by atoms with E-state index in [2.05, 4.69) is 0 Å². The predicted molar refractivity (Wildman–Crippen MR) is 80.4 cm³/mol. The van der Waals surface area contributed by atoms with Gasteiger partial charge in [-0.1, -0.05) is 12.1 Å². The summed E-state index contributed by atoms with van der Waals surface area (Å²) in [4.78, 5) is 12.9. The molecule has 0 heterocycles. The molecule has 0 saturated heterocycles. The summed E-state index contributed by atoms with van der Waals surface area (Å²) in [7, 11) is 0. The number of halogens is 6. The molecular weight excluding hydrogens is 348 g/mol. The second-order valence-electron chi connectivity index (χ2n) is 6.11. The van der Waals surface area contributed by atoms with Crippen molar-refractivity contribution in [3.63, 3.8) is 0 Å². The second-order valence-corrected chi connectivity index (χ2v) is 6.11. The molecule has 0 bridgehead atoms. The minimum Gasteiger partial charge on any atom is -0.327 e. The van der Waals surface area contributed by atoms with Crippen molar-refractivity contribution >= 4 is 12.0 Å². The van der Waals surface area contributed by atoms with Gasteiger partial charge in [-0.3, -0.25) is 4.79 Å². The molecule has 1 unspecified atom stereocenters. The lowest BCUT2D eigenvalue weighted by atomic mass is 10.1. The Labute approximate surface area is 141 Å². The van der Waals surface area contributed by atoms with Gasteiger partial charge in [0.25, 0.3) is 0 Å². The van der Waals surface area contributed by atoms with E-state index in [1.54, 1.807) is 6.92 Å². The Kier molecular flexibility index (Phi) is 5.49. The molecule has 0 radical (unpaired) electrons. The number of rotatable bonds is 5. The fourth-order valence-electron chi connectivity index (χ4n) is 2.50. The molecule has 1 saturated carbocycles. The highest BCUT2D eigenvalue weighted by Gasteiger charge is 2.39. The van der Waals surface area contributed by atoms with E-state index in [4.69, 9.17) is 0 Å². The number of hydrogen-bond donors (Lipinski definition) is 0. The number of nitrogens with zero attached hydrogens (tertiary/aromatic N) is 1. The Bertz CT molecular complexity index is 628. The maximum Gasteiger partial charge on any atom is 0.416 e. The predicted octanol–water partition coefficient (Wildman–Crippen LogP) is 4.91. The highest BCUT2D eigenvalue weighted by molar-refractivity contribution is 5.92. The third-order valence-corrected chi connectivity index (χ3v) is 4.08. The molecule has 0 aromatic heterocycles. The number of carbonyl (C=O) groups excluding carboxylic acids is 1. The van der Waals surface area contributed by atoms with E-state index in [0.717, 1.165) is 48.1 Å². The third kappa shape index (κ3) is 5.79. The van der Waals surface area contributed by atoms with E-state index in [1.807, 2.05) is 0 Å². The fraction of sp³-hybridized carbons (Fsp3) is 0.471. The van der Waals surface area contributed by atoms with Crippen molar-refractivity contribution in [1.82, 2.24) is 4.90 Å². The monoisotopic (exact) mass is 365 g/mol. The highest BCUT2D eigenvalue weighted by Crippen LogP contribution is 2.36. The molecule has 1 fully saturated rings. The number of amides is 1. The van der Waals surface area contributed by atoms with Gasteiger partial charge >= 0.3 is 12.4 Å². The SMILES string of the molecule is CC(C1CC1)N(CC(F)(F)F)C(=O)/C=C/c1ccc(C(F)(F)F)cc1. The van der Waals surface area contributed by atoms with E-state index in [1.165, 1.54) is 6.08 Å². The molecule has 2 rings (SSSR count). The van der Waals surface area contributed by atoms with E-state index >= 15 is 0 Å². The van der Waals surface area contributed by atoms with Crippen LogP contribution in [0.1, 0.15) is 30.9 Å². The summed E-state index contributed by atoms with van der Waals surface area (Å²) in [6.45, 7) is 0.230. The number of benzene rings is 1. The highest BCUT2D eigenvalue weighted by atomic mass is 19.4. The van der Waals surface area contributed by atoms with Crippen molar-refractivity contribution in [2.75, 3.05) is 6.54 Å². The van der Waals surface area contributed by atoms with Gasteiger partial charge in [-0.2, -0.15) is 26.3 Å². The maximum atomic E-state index is 12.7. The molecule has 2 nitrogen and oxygen atoms in total. The van der Waals surface area contributed by atoms with Gasteiger partial charge in [0.05, 0.1) is 5.56 Å². The largest absolute Gasteiger partial charge is 0.416 e. The molecule has 25 heavy (non-hydrogen) atoms. The summed E-state index contributed by atoms with van der Waals surface area (Å²) in [5.74, 6) is -0.748. The molecular formula is C17H17F6NO. The van der Waals surface area contributed by atoms with Crippen molar-refractivity contribution in [3.8, 4) is 0 Å². The summed E-state index contributed by atoms with van der Waals surface area (Å²) in [5.41, 5.74) is -0.538. The Morgan fingerprint density at radius 1 is 1.16 bits per heavy atom. The number of carbonyl (C=O) groups is 1. The third-order valence-electron chi connectivity index (χ3n) is 4.08. The Hall–Kier alpha value is -1.99. The van der Waals surface area contributed by atoms with E-state index < -0.39 is 36.4 Å². The van der Waals surface area contributed by atoms with E-state index in [-0.39, 0.29) is 5.92 Å². The van der Waals surface area contributed by atoms with E-state index in [9.17, 15) is 31.1 Å². The number of alkyl halides is 6. The zero-order valence-electron chi connectivity index (χ0n) is 13.4. The molecule has 1 aliphatic carbocycles. The minimum absolute atomic E-state index is 0.0609. The number of hydrogen-bond acceptors (Lipinski definition) is 1. The van der Waals surface area contributed by atoms with Crippen molar-refractivity contribution in [1.29, 1.82) is 0 Å². The zero-order valence-corrected chi connectivity index (χ0v) is 13.4. The normalized spacial score (nSPS) is 16.9. The maximum absolute atomic E-state index is 12.7. The second kappa shape index (κ2) is 7.09. The van der Waals surface area contributed by atoms with Crippen molar-refractivity contribution in [2.45, 2.75) is 38.2 Å². The van der Waals surface area contributed by atoms with Gasteiger partial charge in [-0.25, -0.2) is 0 Å². The molecule has 1 aromatic rings. The summed E-state index contributed by atoms with van der Waals surface area (Å²) < 4.78 is 75.6. The van der Waals surface area contributed by atoms with Gasteiger partial charge < -0.3 is 4.90 Å². The van der Waals surface area contributed by atoms with Crippen LogP contribution in [0.2, 0.25) is 0 Å². The van der Waals surface area contributed by atoms with Crippen LogP contribution in [0.3, 0.4) is 0 Å². The van der Waals surface area contributed by atoms with Crippen LogP contribution in [0, 0.1) is 5.92 Å². The van der Waals surface area contributed by atoms with Crippen LogP contribution in [-0.4, -0.2) is 29.6 Å². The lowest BCUT2D eigenvalue weighted by Crippen LogP contribution is -2.44. The molecule has 0 N–H and O–H groups in total. The topological polar surface area (TPSA) is 20.3 Å². The quantitative estimate of drug-likeness (QED) is 0.536. The van der Waals surface area contributed by atoms with Crippen molar-refractivity contribution in [3.05, 3.63) is 41.5 Å². The average Bonchev–Trinajstić information content (AvgIpc) is 3.33. The Morgan fingerprint density at radius 3 is 2.16 bits per heavy atom. The Morgan fingerprint density at radius 2 is 1.72 bits per heavy atom. The molecule has 138 valence electrons. The molecule has 0 aliphatic heterocycles. The first-order valence-corrected chi connectivity index (χ1v) is 7.70. The van der Waals surface area contributed by atoms with Crippen LogP contribution in [0.4, 0.5) is 26.3 Å². The van der Waals surface area contributed by atoms with Crippen molar-refractivity contribution < 1.29 is 31.1 Å². The van der Waals surface area contributed by atoms with Gasteiger partial charge in [0.1, 0.15) is 6.54 Å². The minimum atomic E-state index is -4.51. The van der Waals surface area contributed by atoms with Gasteiger partial charge in [-0.15, -0.1) is 0 Å². The lowest BCUT2D eigenvalue weighted by Gasteiger charge is -2.29. The standard InChI is InChI=1S/C17H17F6NO/c1-11(13-5-6-13)24(10-16(18,19)20)15(25)9-4-12-2-7-14(8-3-12)17(21,22)23/h2-4,7-9,11,13H,5-6,10H2,1H3/b9-4+. The fourth-order valence-corrected chi connectivity index (χ4v) is 2.50. The smallest absolute Gasteiger partial charge is 0.327 e. The first-order chi connectivity index (χ1) is 11.5. The average molecular weight is 365 g/mol. The molecule has 1 amide bonds. The molecule has 8 heteroatoms. The zero-order chi connectivity index (χ0) is 18.8. The van der Waals surface area contributed by atoms with Crippen LogP contribution in [0.5, 0.6) is 0 Å². The van der Waals surface area contributed by atoms with Crippen molar-refractivity contribution in [2.24, 2.45) is 5.92 Å². The van der Waals surface area contributed by atoms with Gasteiger partial charge in [0, 0.05) is 12.1 Å². The molecule has 1 aromatic carbocycles. The van der Waals surface area contributed by atoms with Crippen LogP contribution in [0.25, 0.3) is 6.08 Å². The van der Waals surface area contributed by atoms with Gasteiger partial charge in [0.2, 0.25) is 5.91 Å². The first-order valence-electron chi connectivity index (χ1n) is 7.70. The molecule has 1 aliphatic rings. The summed E-state index contributed by atoms with van der Waals surface area (Å²) in [6.07, 6.45) is -5.24. The molecule has 1 atom stereocenters. The van der Waals surface area contributed by atoms with Crippen LogP contribution in [-0.2, 0) is 11.0 Å².